The fraction of sp³-hybridized carbons (Fsp3) is 0.143. The third-order valence-electron chi connectivity index (χ3n) is 1.28. The summed E-state index contributed by atoms with van der Waals surface area (Å²) in [5, 5.41) is -1.01. The molecular formula is C7H2ClF3INO. The molecule has 1 aromatic heterocycles. The molecule has 0 radical (unpaired) electrons. The standard InChI is InChI=1S/C7H2ClF3INO/c8-6(14)4-1-3(12)2-5(13-4)7(9,10)11/h1-2H. The lowest BCUT2D eigenvalue weighted by atomic mass is 10.3. The summed E-state index contributed by atoms with van der Waals surface area (Å²) in [6.07, 6.45) is -4.57. The largest absolute Gasteiger partial charge is 0.433 e. The second kappa shape index (κ2) is 4.01. The van der Waals surface area contributed by atoms with Crippen molar-refractivity contribution in [3.63, 3.8) is 0 Å². The van der Waals surface area contributed by atoms with Crippen molar-refractivity contribution in [2.24, 2.45) is 0 Å². The van der Waals surface area contributed by atoms with E-state index in [1.54, 1.807) is 22.6 Å². The summed E-state index contributed by atoms with van der Waals surface area (Å²) in [6, 6.07) is 2.02. The van der Waals surface area contributed by atoms with Gasteiger partial charge in [0.05, 0.1) is 0 Å². The Labute approximate surface area is 95.6 Å². The topological polar surface area (TPSA) is 30.0 Å². The number of nitrogens with zero attached hydrogens (tertiary/aromatic N) is 1. The molecule has 0 fully saturated rings. The molecule has 0 aliphatic heterocycles. The maximum Gasteiger partial charge on any atom is 0.433 e. The summed E-state index contributed by atoms with van der Waals surface area (Å²) in [5.74, 6) is 0. The van der Waals surface area contributed by atoms with Crippen molar-refractivity contribution < 1.29 is 18.0 Å². The van der Waals surface area contributed by atoms with E-state index in [0.717, 1.165) is 6.07 Å². The molecule has 0 bridgehead atoms. The third kappa shape index (κ3) is 2.81. The summed E-state index contributed by atoms with van der Waals surface area (Å²) in [7, 11) is 0. The summed E-state index contributed by atoms with van der Waals surface area (Å²) in [4.78, 5) is 13.7. The van der Waals surface area contributed by atoms with Crippen molar-refractivity contribution >= 4 is 39.4 Å². The average molecular weight is 335 g/mol. The van der Waals surface area contributed by atoms with Crippen LogP contribution in [0.25, 0.3) is 0 Å². The lowest BCUT2D eigenvalue weighted by molar-refractivity contribution is -0.141. The van der Waals surface area contributed by atoms with E-state index in [1.165, 1.54) is 6.07 Å². The second-order valence-electron chi connectivity index (χ2n) is 2.33. The van der Waals surface area contributed by atoms with E-state index < -0.39 is 22.8 Å². The van der Waals surface area contributed by atoms with Gasteiger partial charge in [-0.15, -0.1) is 0 Å². The van der Waals surface area contributed by atoms with Gasteiger partial charge in [0.25, 0.3) is 5.24 Å². The molecule has 76 valence electrons. The molecule has 0 N–H and O–H groups in total. The van der Waals surface area contributed by atoms with Gasteiger partial charge in [-0.05, 0) is 46.3 Å². The molecule has 0 saturated carbocycles. The summed E-state index contributed by atoms with van der Waals surface area (Å²) in [6.45, 7) is 0. The van der Waals surface area contributed by atoms with E-state index in [9.17, 15) is 18.0 Å². The lowest BCUT2D eigenvalue weighted by Crippen LogP contribution is -2.11. The van der Waals surface area contributed by atoms with Crippen LogP contribution in [0.2, 0.25) is 0 Å². The molecule has 2 nitrogen and oxygen atoms in total. The van der Waals surface area contributed by atoms with Crippen molar-refractivity contribution in [2.75, 3.05) is 0 Å². The van der Waals surface area contributed by atoms with Crippen molar-refractivity contribution in [1.82, 2.24) is 4.98 Å². The maximum absolute atomic E-state index is 12.2. The van der Waals surface area contributed by atoms with Crippen LogP contribution in [0.3, 0.4) is 0 Å². The van der Waals surface area contributed by atoms with Crippen molar-refractivity contribution in [1.29, 1.82) is 0 Å². The second-order valence-corrected chi connectivity index (χ2v) is 3.92. The van der Waals surface area contributed by atoms with Crippen LogP contribution in [0.1, 0.15) is 16.2 Å². The van der Waals surface area contributed by atoms with Crippen LogP contribution in [-0.4, -0.2) is 10.2 Å². The minimum absolute atomic E-state index is 0.258. The van der Waals surface area contributed by atoms with E-state index >= 15 is 0 Å². The number of rotatable bonds is 1. The molecule has 14 heavy (non-hydrogen) atoms. The Hall–Kier alpha value is -0.370. The molecule has 1 rings (SSSR count). The van der Waals surface area contributed by atoms with E-state index in [-0.39, 0.29) is 3.57 Å². The number of aromatic nitrogens is 1. The Morgan fingerprint density at radius 1 is 1.43 bits per heavy atom. The van der Waals surface area contributed by atoms with Crippen LogP contribution in [0.15, 0.2) is 12.1 Å². The first-order valence-electron chi connectivity index (χ1n) is 3.25. The van der Waals surface area contributed by atoms with E-state index in [4.69, 9.17) is 11.6 Å². The SMILES string of the molecule is O=C(Cl)c1cc(I)cc(C(F)(F)F)n1. The quantitative estimate of drug-likeness (QED) is 0.583. The smallest absolute Gasteiger partial charge is 0.274 e. The fourth-order valence-corrected chi connectivity index (χ4v) is 1.43. The Bertz CT molecular complexity index is 380. The molecule has 1 heterocycles. The molecule has 0 amide bonds. The number of carbonyl (C=O) groups is 1. The number of carbonyl (C=O) groups excluding carboxylic acids is 1. The monoisotopic (exact) mass is 335 g/mol. The number of hydrogen-bond donors (Lipinski definition) is 0. The van der Waals surface area contributed by atoms with Gasteiger partial charge in [0.1, 0.15) is 11.4 Å². The Morgan fingerprint density at radius 2 is 2.00 bits per heavy atom. The first-order valence-corrected chi connectivity index (χ1v) is 4.71. The van der Waals surface area contributed by atoms with Crippen LogP contribution in [0, 0.1) is 3.57 Å². The zero-order valence-electron chi connectivity index (χ0n) is 6.40. The van der Waals surface area contributed by atoms with Gasteiger partial charge in [-0.25, -0.2) is 4.98 Å². The van der Waals surface area contributed by atoms with Gasteiger partial charge in [0, 0.05) is 3.57 Å². The predicted octanol–water partition coefficient (Wildman–Crippen LogP) is 3.08. The predicted molar refractivity (Wildman–Crippen MR) is 52.1 cm³/mol. The highest BCUT2D eigenvalue weighted by atomic mass is 127. The molecule has 0 aliphatic rings. The Kier molecular flexibility index (Phi) is 3.36. The van der Waals surface area contributed by atoms with Crippen LogP contribution < -0.4 is 0 Å². The van der Waals surface area contributed by atoms with Gasteiger partial charge in [-0.3, -0.25) is 4.79 Å². The minimum Gasteiger partial charge on any atom is -0.274 e. The summed E-state index contributed by atoms with van der Waals surface area (Å²) >= 11 is 6.68. The highest BCUT2D eigenvalue weighted by Crippen LogP contribution is 2.29. The van der Waals surface area contributed by atoms with Crippen molar-refractivity contribution in [3.8, 4) is 0 Å². The number of hydrogen-bond acceptors (Lipinski definition) is 2. The molecule has 0 saturated heterocycles. The van der Waals surface area contributed by atoms with Crippen LogP contribution in [0.5, 0.6) is 0 Å². The summed E-state index contributed by atoms with van der Waals surface area (Å²) in [5.41, 5.74) is -1.51. The first kappa shape index (κ1) is 11.7. The molecule has 0 spiro atoms. The van der Waals surface area contributed by atoms with Crippen LogP contribution >= 0.6 is 34.2 Å². The molecule has 0 aliphatic carbocycles. The highest BCUT2D eigenvalue weighted by Gasteiger charge is 2.33. The zero-order chi connectivity index (χ0) is 10.9. The highest BCUT2D eigenvalue weighted by molar-refractivity contribution is 14.1. The first-order chi connectivity index (χ1) is 6.30. The molecular weight excluding hydrogens is 333 g/mol. The zero-order valence-corrected chi connectivity index (χ0v) is 9.31. The van der Waals surface area contributed by atoms with E-state index in [0.29, 0.717) is 0 Å². The number of alkyl halides is 3. The fourth-order valence-electron chi connectivity index (χ4n) is 0.743. The number of pyridine rings is 1. The van der Waals surface area contributed by atoms with E-state index in [1.807, 2.05) is 0 Å². The molecule has 7 heteroatoms. The van der Waals surface area contributed by atoms with E-state index in [2.05, 4.69) is 4.98 Å². The molecule has 0 atom stereocenters. The number of halogens is 5. The third-order valence-corrected chi connectivity index (χ3v) is 2.10. The van der Waals surface area contributed by atoms with Gasteiger partial charge in [-0.2, -0.15) is 13.2 Å². The van der Waals surface area contributed by atoms with Crippen LogP contribution in [0.4, 0.5) is 13.2 Å². The van der Waals surface area contributed by atoms with Gasteiger partial charge >= 0.3 is 6.18 Å². The van der Waals surface area contributed by atoms with Crippen molar-refractivity contribution in [2.45, 2.75) is 6.18 Å². The van der Waals surface area contributed by atoms with Crippen LogP contribution in [-0.2, 0) is 6.18 Å². The van der Waals surface area contributed by atoms with Crippen molar-refractivity contribution in [3.05, 3.63) is 27.1 Å². The van der Waals surface area contributed by atoms with Gasteiger partial charge in [-0.1, -0.05) is 0 Å². The molecule has 0 aromatic carbocycles. The van der Waals surface area contributed by atoms with Gasteiger partial charge in [0.15, 0.2) is 0 Å². The normalized spacial score (nSPS) is 11.5. The molecule has 0 unspecified atom stereocenters. The maximum atomic E-state index is 12.2. The lowest BCUT2D eigenvalue weighted by Gasteiger charge is -2.06. The summed E-state index contributed by atoms with van der Waals surface area (Å²) < 4.78 is 36.8. The minimum atomic E-state index is -4.57. The Balaban J connectivity index is 3.28. The van der Waals surface area contributed by atoms with Gasteiger partial charge < -0.3 is 0 Å². The Morgan fingerprint density at radius 3 is 2.43 bits per heavy atom. The van der Waals surface area contributed by atoms with Gasteiger partial charge in [0.2, 0.25) is 0 Å². The average Bonchev–Trinajstić information content (AvgIpc) is 2.01. The molecule has 1 aromatic rings.